The van der Waals surface area contributed by atoms with E-state index in [1.807, 2.05) is 23.9 Å². The Morgan fingerprint density at radius 2 is 2.11 bits per heavy atom. The lowest BCUT2D eigenvalue weighted by Crippen LogP contribution is -2.38. The van der Waals surface area contributed by atoms with E-state index >= 15 is 0 Å². The summed E-state index contributed by atoms with van der Waals surface area (Å²) in [4.78, 5) is 4.28. The zero-order valence-electron chi connectivity index (χ0n) is 15.4. The minimum Gasteiger partial charge on any atom is -0.497 e. The van der Waals surface area contributed by atoms with Gasteiger partial charge in [0, 0.05) is 32.0 Å². The first-order chi connectivity index (χ1) is 12.9. The molecular formula is C18H24F3N5O. The van der Waals surface area contributed by atoms with Crippen molar-refractivity contribution in [3.8, 4) is 5.75 Å². The van der Waals surface area contributed by atoms with E-state index in [1.54, 1.807) is 6.20 Å². The summed E-state index contributed by atoms with van der Waals surface area (Å²) >= 11 is 0. The predicted molar refractivity (Wildman–Crippen MR) is 97.7 cm³/mol. The molecule has 0 atom stereocenters. The number of hydrogen-bond donors (Lipinski definition) is 2. The maximum atomic E-state index is 13.3. The number of methoxy groups -OCH3 is 1. The molecule has 9 heteroatoms. The lowest BCUT2D eigenvalue weighted by molar-refractivity contribution is -0.138. The summed E-state index contributed by atoms with van der Waals surface area (Å²) in [6.07, 6.45) is -0.0644. The monoisotopic (exact) mass is 383 g/mol. The van der Waals surface area contributed by atoms with E-state index in [9.17, 15) is 13.2 Å². The highest BCUT2D eigenvalue weighted by molar-refractivity contribution is 5.79. The average molecular weight is 383 g/mol. The number of alkyl halides is 3. The molecule has 0 aliphatic carbocycles. The van der Waals surface area contributed by atoms with E-state index in [2.05, 4.69) is 20.7 Å². The standard InChI is InChI=1S/C18H24F3N5O/c1-3-22-17(23-8-4-10-26-11-5-9-25-26)24-13-14-6-7-15(27-2)12-16(14)18(19,20)21/h5-7,9,11-12H,3-4,8,10,13H2,1-2H3,(H2,22,23,24). The van der Waals surface area contributed by atoms with Crippen molar-refractivity contribution in [1.82, 2.24) is 20.4 Å². The number of halogens is 3. The molecular weight excluding hydrogens is 359 g/mol. The van der Waals surface area contributed by atoms with Crippen molar-refractivity contribution < 1.29 is 17.9 Å². The number of aliphatic imine (C=N–C) groups is 1. The van der Waals surface area contributed by atoms with Crippen LogP contribution in [0.1, 0.15) is 24.5 Å². The Balaban J connectivity index is 2.00. The topological polar surface area (TPSA) is 63.5 Å². The lowest BCUT2D eigenvalue weighted by atomic mass is 10.1. The molecule has 0 radical (unpaired) electrons. The highest BCUT2D eigenvalue weighted by atomic mass is 19.4. The van der Waals surface area contributed by atoms with Crippen molar-refractivity contribution >= 4 is 5.96 Å². The van der Waals surface area contributed by atoms with Gasteiger partial charge in [-0.1, -0.05) is 6.07 Å². The molecule has 0 saturated carbocycles. The van der Waals surface area contributed by atoms with Crippen LogP contribution in [0.3, 0.4) is 0 Å². The van der Waals surface area contributed by atoms with Gasteiger partial charge in [-0.05, 0) is 37.1 Å². The van der Waals surface area contributed by atoms with Gasteiger partial charge in [-0.25, -0.2) is 4.99 Å². The first kappa shape index (κ1) is 20.6. The summed E-state index contributed by atoms with van der Waals surface area (Å²) in [6, 6.07) is 5.75. The van der Waals surface area contributed by atoms with Gasteiger partial charge in [0.15, 0.2) is 5.96 Å². The van der Waals surface area contributed by atoms with E-state index in [0.29, 0.717) is 19.0 Å². The van der Waals surface area contributed by atoms with Crippen molar-refractivity contribution in [3.63, 3.8) is 0 Å². The minimum atomic E-state index is -4.46. The Morgan fingerprint density at radius 3 is 2.74 bits per heavy atom. The zero-order chi connectivity index (χ0) is 19.7. The molecule has 148 valence electrons. The van der Waals surface area contributed by atoms with E-state index in [1.165, 1.54) is 19.2 Å². The Kier molecular flexibility index (Phi) is 7.51. The SMILES string of the molecule is CCNC(=NCc1ccc(OC)cc1C(F)(F)F)NCCCn1cccn1. The minimum absolute atomic E-state index is 0.0900. The van der Waals surface area contributed by atoms with Crippen LogP contribution in [0.4, 0.5) is 13.2 Å². The molecule has 0 fully saturated rings. The van der Waals surface area contributed by atoms with Gasteiger partial charge in [-0.2, -0.15) is 18.3 Å². The third kappa shape index (κ3) is 6.50. The Hall–Kier alpha value is -2.71. The normalized spacial score (nSPS) is 12.1. The van der Waals surface area contributed by atoms with Gasteiger partial charge in [0.1, 0.15) is 5.75 Å². The summed E-state index contributed by atoms with van der Waals surface area (Å²) in [5.74, 6) is 0.639. The highest BCUT2D eigenvalue weighted by Crippen LogP contribution is 2.34. The van der Waals surface area contributed by atoms with Crippen LogP contribution >= 0.6 is 0 Å². The number of benzene rings is 1. The summed E-state index contributed by atoms with van der Waals surface area (Å²) in [5, 5.41) is 10.3. The molecule has 0 saturated heterocycles. The molecule has 0 bridgehead atoms. The van der Waals surface area contributed by atoms with E-state index in [0.717, 1.165) is 19.0 Å². The van der Waals surface area contributed by atoms with Crippen LogP contribution in [0.25, 0.3) is 0 Å². The Bertz CT molecular complexity index is 729. The second-order valence-electron chi connectivity index (χ2n) is 5.77. The third-order valence-corrected chi connectivity index (χ3v) is 3.79. The van der Waals surface area contributed by atoms with Crippen LogP contribution in [0.15, 0.2) is 41.7 Å². The average Bonchev–Trinajstić information content (AvgIpc) is 3.15. The summed E-state index contributed by atoms with van der Waals surface area (Å²) < 4.78 is 46.5. The van der Waals surface area contributed by atoms with Crippen LogP contribution in [0, 0.1) is 0 Å². The van der Waals surface area contributed by atoms with Crippen LogP contribution in [-0.4, -0.2) is 35.9 Å². The number of nitrogens with zero attached hydrogens (tertiary/aromatic N) is 3. The largest absolute Gasteiger partial charge is 0.497 e. The quantitative estimate of drug-likeness (QED) is 0.418. The van der Waals surface area contributed by atoms with E-state index in [4.69, 9.17) is 4.74 Å². The van der Waals surface area contributed by atoms with Crippen molar-refractivity contribution in [1.29, 1.82) is 0 Å². The van der Waals surface area contributed by atoms with Crippen LogP contribution < -0.4 is 15.4 Å². The fourth-order valence-corrected chi connectivity index (χ4v) is 2.47. The molecule has 1 aromatic carbocycles. The predicted octanol–water partition coefficient (Wildman–Crippen LogP) is 3.06. The molecule has 2 N–H and O–H groups in total. The fourth-order valence-electron chi connectivity index (χ4n) is 2.47. The van der Waals surface area contributed by atoms with Crippen molar-refractivity contribution in [3.05, 3.63) is 47.8 Å². The van der Waals surface area contributed by atoms with Gasteiger partial charge in [0.2, 0.25) is 0 Å². The maximum absolute atomic E-state index is 13.3. The zero-order valence-corrected chi connectivity index (χ0v) is 15.4. The first-order valence-corrected chi connectivity index (χ1v) is 8.67. The Labute approximate surface area is 156 Å². The molecule has 0 spiro atoms. The maximum Gasteiger partial charge on any atom is 0.416 e. The van der Waals surface area contributed by atoms with Gasteiger partial charge in [0.25, 0.3) is 0 Å². The van der Waals surface area contributed by atoms with Crippen LogP contribution in [0.2, 0.25) is 0 Å². The van der Waals surface area contributed by atoms with Gasteiger partial charge in [0.05, 0.1) is 19.2 Å². The smallest absolute Gasteiger partial charge is 0.416 e. The van der Waals surface area contributed by atoms with Crippen LogP contribution in [0.5, 0.6) is 5.75 Å². The number of guanidine groups is 1. The number of hydrogen-bond acceptors (Lipinski definition) is 3. The fraction of sp³-hybridized carbons (Fsp3) is 0.444. The molecule has 27 heavy (non-hydrogen) atoms. The van der Waals surface area contributed by atoms with Gasteiger partial charge in [-0.15, -0.1) is 0 Å². The molecule has 0 aliphatic rings. The molecule has 1 heterocycles. The molecule has 0 amide bonds. The highest BCUT2D eigenvalue weighted by Gasteiger charge is 2.33. The van der Waals surface area contributed by atoms with Gasteiger partial charge >= 0.3 is 6.18 Å². The van der Waals surface area contributed by atoms with Gasteiger partial charge in [-0.3, -0.25) is 4.68 Å². The Morgan fingerprint density at radius 1 is 1.30 bits per heavy atom. The van der Waals surface area contributed by atoms with Crippen molar-refractivity contribution in [2.45, 2.75) is 32.6 Å². The number of aryl methyl sites for hydroxylation is 1. The van der Waals surface area contributed by atoms with Gasteiger partial charge < -0.3 is 15.4 Å². The number of ether oxygens (including phenoxy) is 1. The van der Waals surface area contributed by atoms with Crippen molar-refractivity contribution in [2.24, 2.45) is 4.99 Å². The second-order valence-corrected chi connectivity index (χ2v) is 5.77. The number of nitrogens with one attached hydrogen (secondary N) is 2. The number of aromatic nitrogens is 2. The number of rotatable bonds is 8. The first-order valence-electron chi connectivity index (χ1n) is 8.67. The van der Waals surface area contributed by atoms with Crippen molar-refractivity contribution in [2.75, 3.05) is 20.2 Å². The molecule has 6 nitrogen and oxygen atoms in total. The molecule has 0 aliphatic heterocycles. The summed E-state index contributed by atoms with van der Waals surface area (Å²) in [7, 11) is 1.34. The molecule has 2 rings (SSSR count). The second kappa shape index (κ2) is 9.84. The summed E-state index contributed by atoms with van der Waals surface area (Å²) in [5.41, 5.74) is -0.642. The molecule has 0 unspecified atom stereocenters. The third-order valence-electron chi connectivity index (χ3n) is 3.79. The lowest BCUT2D eigenvalue weighted by Gasteiger charge is -2.15. The van der Waals surface area contributed by atoms with Crippen LogP contribution in [-0.2, 0) is 19.3 Å². The van der Waals surface area contributed by atoms with E-state index in [-0.39, 0.29) is 17.9 Å². The molecule has 1 aromatic heterocycles. The molecule has 2 aromatic rings. The van der Waals surface area contributed by atoms with E-state index < -0.39 is 11.7 Å². The summed E-state index contributed by atoms with van der Waals surface area (Å²) in [6.45, 7) is 3.79.